The first-order valence-corrected chi connectivity index (χ1v) is 2.99. The zero-order chi connectivity index (χ0) is 8.43. The Kier molecular flexibility index (Phi) is 1.93. The van der Waals surface area contributed by atoms with E-state index in [-0.39, 0.29) is 16.7 Å². The van der Waals surface area contributed by atoms with E-state index in [9.17, 15) is 5.21 Å². The fraction of sp³-hybridized carbons (Fsp3) is 0.167. The summed E-state index contributed by atoms with van der Waals surface area (Å²) in [7, 11) is 0. The van der Waals surface area contributed by atoms with Gasteiger partial charge in [0.1, 0.15) is 5.82 Å². The second-order valence-electron chi connectivity index (χ2n) is 2.19. The lowest BCUT2D eigenvalue weighted by Gasteiger charge is -2.22. The lowest BCUT2D eigenvalue weighted by molar-refractivity contribution is 0.296. The highest BCUT2D eigenvalue weighted by molar-refractivity contribution is 5.62. The summed E-state index contributed by atoms with van der Waals surface area (Å²) in [5.74, 6) is 0.0214. The summed E-state index contributed by atoms with van der Waals surface area (Å²) in [6, 6.07) is 1.45. The van der Waals surface area contributed by atoms with Crippen LogP contribution in [-0.4, -0.2) is 10.2 Å². The topological polar surface area (TPSA) is 85.4 Å². The van der Waals surface area contributed by atoms with Gasteiger partial charge in [0, 0.05) is 6.20 Å². The number of rotatable bonds is 1. The molecule has 1 aromatic rings. The molecule has 0 saturated carbocycles. The summed E-state index contributed by atoms with van der Waals surface area (Å²) in [5.41, 5.74) is 6.02. The number of aryl methyl sites for hydroxylation is 1. The predicted molar refractivity (Wildman–Crippen MR) is 41.0 cm³/mol. The van der Waals surface area contributed by atoms with Crippen LogP contribution in [-0.2, 0) is 0 Å². The van der Waals surface area contributed by atoms with Gasteiger partial charge >= 0.3 is 0 Å². The number of nitrogen functional groups attached to an aromatic ring is 1. The Morgan fingerprint density at radius 1 is 1.73 bits per heavy atom. The normalized spacial score (nSPS) is 9.73. The lowest BCUT2D eigenvalue weighted by atomic mass is 10.3. The highest BCUT2D eigenvalue weighted by atomic mass is 16.8. The van der Waals surface area contributed by atoms with Gasteiger partial charge in [0.25, 0.3) is 0 Å². The summed E-state index contributed by atoms with van der Waals surface area (Å²) in [4.78, 5) is 3.68. The zero-order valence-electron chi connectivity index (χ0n) is 5.98. The minimum absolute atomic E-state index is 0.0214. The average molecular weight is 154 g/mol. The molecule has 0 aliphatic carbocycles. The zero-order valence-corrected chi connectivity index (χ0v) is 5.98. The highest BCUT2D eigenvalue weighted by Gasteiger charge is 1.99. The van der Waals surface area contributed by atoms with Crippen LogP contribution in [0.4, 0.5) is 11.5 Å². The molecule has 0 fully saturated rings. The van der Waals surface area contributed by atoms with E-state index >= 15 is 0 Å². The molecule has 0 spiro atoms. The van der Waals surface area contributed by atoms with E-state index in [2.05, 4.69) is 4.98 Å². The number of nitrogens with zero attached hydrogens (tertiary/aromatic N) is 2. The first-order chi connectivity index (χ1) is 5.11. The molecule has 5 nitrogen and oxygen atoms in total. The molecule has 0 radical (unpaired) electrons. The third-order valence-electron chi connectivity index (χ3n) is 1.24. The maximum atomic E-state index is 10.4. The van der Waals surface area contributed by atoms with Crippen molar-refractivity contribution in [3.05, 3.63) is 23.0 Å². The highest BCUT2D eigenvalue weighted by Crippen LogP contribution is 2.18. The van der Waals surface area contributed by atoms with Crippen molar-refractivity contribution in [1.29, 1.82) is 0 Å². The van der Waals surface area contributed by atoms with Crippen molar-refractivity contribution in [3.63, 3.8) is 0 Å². The van der Waals surface area contributed by atoms with Crippen molar-refractivity contribution in [2.24, 2.45) is 0 Å². The van der Waals surface area contributed by atoms with Crippen LogP contribution in [0.25, 0.3) is 0 Å². The number of nitrogens with two attached hydrogens (primary N) is 1. The van der Waals surface area contributed by atoms with E-state index in [0.717, 1.165) is 5.56 Å². The van der Waals surface area contributed by atoms with Crippen molar-refractivity contribution >= 4 is 11.5 Å². The second kappa shape index (κ2) is 2.73. The van der Waals surface area contributed by atoms with Gasteiger partial charge in [-0.05, 0) is 18.6 Å². The van der Waals surface area contributed by atoms with Crippen molar-refractivity contribution < 1.29 is 5.21 Å². The molecule has 0 aliphatic heterocycles. The van der Waals surface area contributed by atoms with Gasteiger partial charge in [-0.2, -0.15) is 0 Å². The summed E-state index contributed by atoms with van der Waals surface area (Å²) >= 11 is 0. The third kappa shape index (κ3) is 1.57. The van der Waals surface area contributed by atoms with Crippen LogP contribution in [0.1, 0.15) is 5.56 Å². The fourth-order valence-corrected chi connectivity index (χ4v) is 0.718. The molecule has 0 aromatic carbocycles. The molecule has 0 bridgehead atoms. The van der Waals surface area contributed by atoms with E-state index in [1.54, 1.807) is 6.92 Å². The number of hydrogen-bond acceptors (Lipinski definition) is 5. The molecule has 3 N–H and O–H groups in total. The number of pyridine rings is 1. The van der Waals surface area contributed by atoms with Gasteiger partial charge in [-0.15, -0.1) is 0 Å². The van der Waals surface area contributed by atoms with E-state index in [0.29, 0.717) is 0 Å². The second-order valence-corrected chi connectivity index (χ2v) is 2.19. The quantitative estimate of drug-likeness (QED) is 0.580. The molecule has 5 heteroatoms. The maximum Gasteiger partial charge on any atom is 0.148 e. The molecule has 0 saturated heterocycles. The fourth-order valence-electron chi connectivity index (χ4n) is 0.718. The summed E-state index contributed by atoms with van der Waals surface area (Å²) in [6.45, 7) is 1.75. The number of aromatic nitrogens is 1. The van der Waals surface area contributed by atoms with Crippen LogP contribution in [0, 0.1) is 12.1 Å². The number of hydrogen-bond donors (Lipinski definition) is 2. The molecule has 60 valence electrons. The van der Waals surface area contributed by atoms with Gasteiger partial charge in [0.05, 0.1) is 5.69 Å². The average Bonchev–Trinajstić information content (AvgIpc) is 1.94. The molecule has 0 atom stereocenters. The third-order valence-corrected chi connectivity index (χ3v) is 1.24. The van der Waals surface area contributed by atoms with Crippen molar-refractivity contribution in [2.45, 2.75) is 6.92 Å². The van der Waals surface area contributed by atoms with Crippen molar-refractivity contribution in [3.8, 4) is 0 Å². The Morgan fingerprint density at radius 2 is 2.36 bits per heavy atom. The van der Waals surface area contributed by atoms with Gasteiger partial charge in [0.15, 0.2) is 0 Å². The smallest absolute Gasteiger partial charge is 0.148 e. The largest absolute Gasteiger partial charge is 0.733 e. The van der Waals surface area contributed by atoms with Crippen LogP contribution in [0.15, 0.2) is 12.3 Å². The standard InChI is InChI=1S/C6H8N3O2/c1-4-2-5(9(10)11)6(7)8-3-4/h2-3,10H,1H3,(H2,7,8)/q-1. The van der Waals surface area contributed by atoms with Gasteiger partial charge in [-0.25, -0.2) is 4.98 Å². The van der Waals surface area contributed by atoms with E-state index in [1.165, 1.54) is 12.3 Å². The van der Waals surface area contributed by atoms with Crippen molar-refractivity contribution in [1.82, 2.24) is 4.98 Å². The summed E-state index contributed by atoms with van der Waals surface area (Å²) in [6.07, 6.45) is 1.52. The lowest BCUT2D eigenvalue weighted by Crippen LogP contribution is -2.10. The van der Waals surface area contributed by atoms with Crippen LogP contribution < -0.4 is 11.0 Å². The molecule has 1 aromatic heterocycles. The van der Waals surface area contributed by atoms with E-state index in [4.69, 9.17) is 10.9 Å². The van der Waals surface area contributed by atoms with Crippen LogP contribution in [0.3, 0.4) is 0 Å². The van der Waals surface area contributed by atoms with Crippen LogP contribution in [0.2, 0.25) is 0 Å². The predicted octanol–water partition coefficient (Wildman–Crippen LogP) is 0.666. The Balaban J connectivity index is 3.13. The minimum atomic E-state index is -0.296. The van der Waals surface area contributed by atoms with Gasteiger partial charge in [0.2, 0.25) is 0 Å². The molecule has 1 rings (SSSR count). The molecule has 1 heterocycles. The van der Waals surface area contributed by atoms with Gasteiger partial charge < -0.3 is 16.2 Å². The van der Waals surface area contributed by atoms with E-state index in [1.807, 2.05) is 0 Å². The monoisotopic (exact) mass is 154 g/mol. The molecule has 0 aliphatic rings. The Hall–Kier alpha value is -1.33. The first-order valence-electron chi connectivity index (χ1n) is 2.99. The van der Waals surface area contributed by atoms with Gasteiger partial charge in [-0.1, -0.05) is 0 Å². The minimum Gasteiger partial charge on any atom is -0.733 e. The van der Waals surface area contributed by atoms with Gasteiger partial charge in [-0.3, -0.25) is 5.21 Å². The SMILES string of the molecule is Cc1cnc(N)c(N([O-])O)c1. The summed E-state index contributed by atoms with van der Waals surface area (Å²) in [5, 5.41) is 18.6. The molecular weight excluding hydrogens is 146 g/mol. The molecular formula is C6H8N3O2-. The van der Waals surface area contributed by atoms with Crippen LogP contribution in [0.5, 0.6) is 0 Å². The van der Waals surface area contributed by atoms with Crippen molar-refractivity contribution in [2.75, 3.05) is 11.0 Å². The first kappa shape index (κ1) is 7.77. The van der Waals surface area contributed by atoms with Crippen LogP contribution >= 0.6 is 0 Å². The molecule has 0 amide bonds. The Morgan fingerprint density at radius 3 is 2.82 bits per heavy atom. The maximum absolute atomic E-state index is 10.4. The Labute approximate surface area is 63.6 Å². The molecule has 0 unspecified atom stereocenters. The Bertz CT molecular complexity index is 262. The summed E-state index contributed by atoms with van der Waals surface area (Å²) < 4.78 is 0. The van der Waals surface area contributed by atoms with E-state index < -0.39 is 0 Å². The number of anilines is 2. The molecule has 11 heavy (non-hydrogen) atoms.